The molecule has 0 saturated carbocycles. The maximum atomic E-state index is 13.2. The van der Waals surface area contributed by atoms with Crippen LogP contribution in [0.15, 0.2) is 12.1 Å². The number of benzene rings is 1. The van der Waals surface area contributed by atoms with Crippen LogP contribution in [0.3, 0.4) is 0 Å². The van der Waals surface area contributed by atoms with Crippen LogP contribution in [-0.2, 0) is 9.53 Å². The molecule has 0 bridgehead atoms. The quantitative estimate of drug-likeness (QED) is 0.663. The molecule has 0 spiro atoms. The van der Waals surface area contributed by atoms with E-state index in [9.17, 15) is 14.0 Å². The van der Waals surface area contributed by atoms with Gasteiger partial charge in [-0.3, -0.25) is 0 Å². The van der Waals surface area contributed by atoms with Gasteiger partial charge < -0.3 is 15.4 Å². The minimum Gasteiger partial charge on any atom is -0.467 e. The molecule has 0 saturated heterocycles. The zero-order valence-electron chi connectivity index (χ0n) is 11.0. The van der Waals surface area contributed by atoms with Gasteiger partial charge in [0.25, 0.3) is 0 Å². The summed E-state index contributed by atoms with van der Waals surface area (Å²) in [5.74, 6) is -1.38. The number of nitrogens with one attached hydrogen (secondary N) is 2. The third-order valence-electron chi connectivity index (χ3n) is 2.36. The van der Waals surface area contributed by atoms with Gasteiger partial charge in [-0.2, -0.15) is 0 Å². The minimum atomic E-state index is -1.22. The van der Waals surface area contributed by atoms with Crippen LogP contribution >= 0.6 is 23.2 Å². The van der Waals surface area contributed by atoms with Gasteiger partial charge in [-0.25, -0.2) is 14.0 Å². The van der Waals surface area contributed by atoms with Gasteiger partial charge in [-0.05, 0) is 26.0 Å². The predicted molar refractivity (Wildman–Crippen MR) is 74.7 cm³/mol. The molecule has 5 nitrogen and oxygen atoms in total. The Labute approximate surface area is 125 Å². The highest BCUT2D eigenvalue weighted by molar-refractivity contribution is 6.35. The number of methoxy groups -OCH3 is 1. The number of anilines is 1. The van der Waals surface area contributed by atoms with Gasteiger partial charge in [0.05, 0.1) is 17.2 Å². The lowest BCUT2D eigenvalue weighted by Crippen LogP contribution is -2.51. The average molecular weight is 323 g/mol. The van der Waals surface area contributed by atoms with Crippen molar-refractivity contribution in [3.8, 4) is 0 Å². The highest BCUT2D eigenvalue weighted by Crippen LogP contribution is 2.27. The SMILES string of the molecule is COC(=O)C(C)(C)NC(=O)Nc1cc(Cl)c(F)c(Cl)c1. The Hall–Kier alpha value is -1.53. The molecule has 0 radical (unpaired) electrons. The first-order valence-corrected chi connectivity index (χ1v) is 6.25. The summed E-state index contributed by atoms with van der Waals surface area (Å²) in [5.41, 5.74) is -1.02. The number of carbonyl (C=O) groups is 2. The summed E-state index contributed by atoms with van der Waals surface area (Å²) < 4.78 is 17.8. The van der Waals surface area contributed by atoms with E-state index in [1.165, 1.54) is 33.1 Å². The fourth-order valence-corrected chi connectivity index (χ4v) is 1.87. The van der Waals surface area contributed by atoms with Crippen LogP contribution in [-0.4, -0.2) is 24.6 Å². The summed E-state index contributed by atoms with van der Waals surface area (Å²) >= 11 is 11.2. The summed E-state index contributed by atoms with van der Waals surface area (Å²) in [6.07, 6.45) is 0. The van der Waals surface area contributed by atoms with Crippen LogP contribution in [0.5, 0.6) is 0 Å². The molecule has 0 aliphatic heterocycles. The molecule has 1 rings (SSSR count). The van der Waals surface area contributed by atoms with Gasteiger partial charge in [0, 0.05) is 5.69 Å². The molecule has 0 heterocycles. The molecular weight excluding hydrogens is 310 g/mol. The first-order chi connectivity index (χ1) is 9.17. The van der Waals surface area contributed by atoms with Crippen LogP contribution < -0.4 is 10.6 Å². The van der Waals surface area contributed by atoms with Crippen molar-refractivity contribution in [3.05, 3.63) is 28.0 Å². The number of urea groups is 1. The first-order valence-electron chi connectivity index (χ1n) is 5.49. The van der Waals surface area contributed by atoms with Gasteiger partial charge in [0.15, 0.2) is 5.82 Å². The molecule has 0 atom stereocenters. The molecule has 0 aliphatic carbocycles. The van der Waals surface area contributed by atoms with Crippen molar-refractivity contribution in [2.45, 2.75) is 19.4 Å². The van der Waals surface area contributed by atoms with E-state index in [2.05, 4.69) is 15.4 Å². The molecule has 8 heteroatoms. The topological polar surface area (TPSA) is 67.4 Å². The second kappa shape index (κ2) is 6.28. The Morgan fingerprint density at radius 2 is 1.75 bits per heavy atom. The molecule has 0 aliphatic rings. The van der Waals surface area contributed by atoms with E-state index in [4.69, 9.17) is 23.2 Å². The standard InChI is InChI=1S/C12H13Cl2FN2O3/c1-12(2,10(18)20-3)17-11(19)16-6-4-7(13)9(15)8(14)5-6/h4-5H,1-3H3,(H2,16,17,19). The molecule has 20 heavy (non-hydrogen) atoms. The fraction of sp³-hybridized carbons (Fsp3) is 0.333. The fourth-order valence-electron chi connectivity index (χ4n) is 1.38. The number of ether oxygens (including phenoxy) is 1. The molecular formula is C12H13Cl2FN2O3. The zero-order chi connectivity index (χ0) is 15.5. The molecule has 0 aromatic heterocycles. The number of hydrogen-bond donors (Lipinski definition) is 2. The predicted octanol–water partition coefficient (Wildman–Crippen LogP) is 3.21. The molecule has 1 aromatic carbocycles. The Morgan fingerprint density at radius 1 is 1.25 bits per heavy atom. The average Bonchev–Trinajstić information content (AvgIpc) is 2.33. The van der Waals surface area contributed by atoms with Crippen LogP contribution in [0.4, 0.5) is 14.9 Å². The Morgan fingerprint density at radius 3 is 2.20 bits per heavy atom. The van der Waals surface area contributed by atoms with Crippen molar-refractivity contribution in [2.24, 2.45) is 0 Å². The number of amides is 2. The summed E-state index contributed by atoms with van der Waals surface area (Å²) in [7, 11) is 1.21. The van der Waals surface area contributed by atoms with Gasteiger partial charge in [-0.1, -0.05) is 23.2 Å². The van der Waals surface area contributed by atoms with Gasteiger partial charge in [-0.15, -0.1) is 0 Å². The minimum absolute atomic E-state index is 0.194. The van der Waals surface area contributed by atoms with E-state index in [1.54, 1.807) is 0 Å². The summed E-state index contributed by atoms with van der Waals surface area (Å²) in [5, 5.41) is 4.35. The van der Waals surface area contributed by atoms with E-state index in [0.717, 1.165) is 0 Å². The normalized spacial score (nSPS) is 10.9. The van der Waals surface area contributed by atoms with Crippen molar-refractivity contribution in [1.82, 2.24) is 5.32 Å². The van der Waals surface area contributed by atoms with Crippen LogP contribution in [0.25, 0.3) is 0 Å². The lowest BCUT2D eigenvalue weighted by Gasteiger charge is -2.23. The summed E-state index contributed by atoms with van der Waals surface area (Å²) in [6.45, 7) is 2.95. The maximum absolute atomic E-state index is 13.2. The van der Waals surface area contributed by atoms with E-state index >= 15 is 0 Å². The van der Waals surface area contributed by atoms with Crippen molar-refractivity contribution in [1.29, 1.82) is 0 Å². The highest BCUT2D eigenvalue weighted by atomic mass is 35.5. The molecule has 0 fully saturated rings. The molecule has 0 unspecified atom stereocenters. The largest absolute Gasteiger partial charge is 0.467 e. The van der Waals surface area contributed by atoms with Crippen LogP contribution in [0, 0.1) is 5.82 Å². The first kappa shape index (κ1) is 16.5. The summed E-state index contributed by atoms with van der Waals surface area (Å²) in [4.78, 5) is 23.2. The van der Waals surface area contributed by atoms with Crippen LogP contribution in [0.2, 0.25) is 10.0 Å². The number of esters is 1. The van der Waals surface area contributed by atoms with Gasteiger partial charge in [0.2, 0.25) is 0 Å². The second-order valence-electron chi connectivity index (χ2n) is 4.45. The lowest BCUT2D eigenvalue weighted by molar-refractivity contribution is -0.146. The maximum Gasteiger partial charge on any atom is 0.331 e. The van der Waals surface area contributed by atoms with E-state index < -0.39 is 23.4 Å². The Balaban J connectivity index is 2.80. The molecule has 110 valence electrons. The van der Waals surface area contributed by atoms with Crippen LogP contribution in [0.1, 0.15) is 13.8 Å². The van der Waals surface area contributed by atoms with Gasteiger partial charge in [0.1, 0.15) is 5.54 Å². The third-order valence-corrected chi connectivity index (χ3v) is 2.91. The van der Waals surface area contributed by atoms with Crippen molar-refractivity contribution < 1.29 is 18.7 Å². The number of halogens is 3. The highest BCUT2D eigenvalue weighted by Gasteiger charge is 2.30. The summed E-state index contributed by atoms with van der Waals surface area (Å²) in [6, 6.07) is 1.72. The number of rotatable bonds is 3. The van der Waals surface area contributed by atoms with E-state index in [-0.39, 0.29) is 15.7 Å². The molecule has 2 N–H and O–H groups in total. The van der Waals surface area contributed by atoms with Crippen molar-refractivity contribution in [2.75, 3.05) is 12.4 Å². The Bertz CT molecular complexity index is 526. The zero-order valence-corrected chi connectivity index (χ0v) is 12.5. The number of hydrogen-bond acceptors (Lipinski definition) is 3. The van der Waals surface area contributed by atoms with E-state index in [1.807, 2.05) is 0 Å². The molecule has 1 aromatic rings. The number of carbonyl (C=O) groups excluding carboxylic acids is 2. The third kappa shape index (κ3) is 3.98. The van der Waals surface area contributed by atoms with Gasteiger partial charge >= 0.3 is 12.0 Å². The molecule has 2 amide bonds. The van der Waals surface area contributed by atoms with Crippen molar-refractivity contribution >= 4 is 40.9 Å². The lowest BCUT2D eigenvalue weighted by atomic mass is 10.1. The second-order valence-corrected chi connectivity index (χ2v) is 5.26. The Kier molecular flexibility index (Phi) is 5.19. The smallest absolute Gasteiger partial charge is 0.331 e. The van der Waals surface area contributed by atoms with E-state index in [0.29, 0.717) is 0 Å². The van der Waals surface area contributed by atoms with Crippen molar-refractivity contribution in [3.63, 3.8) is 0 Å². The monoisotopic (exact) mass is 322 g/mol.